The van der Waals surface area contributed by atoms with Crippen LogP contribution in [0.4, 0.5) is 0 Å². The van der Waals surface area contributed by atoms with Gasteiger partial charge in [0, 0.05) is 6.42 Å². The Balaban J connectivity index is 1.80. The van der Waals surface area contributed by atoms with E-state index >= 15 is 0 Å². The number of hydrogen-bond donors (Lipinski definition) is 2. The van der Waals surface area contributed by atoms with E-state index in [1.54, 1.807) is 0 Å². The first kappa shape index (κ1) is 17.8. The number of carbonyl (C=O) groups is 2. The zero-order chi connectivity index (χ0) is 19.1. The van der Waals surface area contributed by atoms with E-state index in [9.17, 15) is 9.59 Å². The zero-order valence-corrected chi connectivity index (χ0v) is 15.5. The van der Waals surface area contributed by atoms with Crippen molar-refractivity contribution in [2.45, 2.75) is 44.9 Å². The quantitative estimate of drug-likeness (QED) is 0.828. The van der Waals surface area contributed by atoms with Gasteiger partial charge in [0.05, 0.1) is 5.41 Å². The third-order valence-corrected chi connectivity index (χ3v) is 6.68. The van der Waals surface area contributed by atoms with E-state index in [1.807, 2.05) is 0 Å². The van der Waals surface area contributed by atoms with Gasteiger partial charge in [-0.15, -0.1) is 0 Å². The van der Waals surface area contributed by atoms with Crippen LogP contribution in [0.2, 0.25) is 0 Å². The lowest BCUT2D eigenvalue weighted by Gasteiger charge is -2.51. The molecule has 0 radical (unpaired) electrons. The molecule has 0 fully saturated rings. The summed E-state index contributed by atoms with van der Waals surface area (Å²) in [5.41, 5.74) is 15.4. The number of hydrogen-bond acceptors (Lipinski definition) is 2. The second kappa shape index (κ2) is 6.52. The predicted molar refractivity (Wildman–Crippen MR) is 105 cm³/mol. The van der Waals surface area contributed by atoms with E-state index < -0.39 is 5.41 Å². The van der Waals surface area contributed by atoms with Crippen molar-refractivity contribution >= 4 is 11.8 Å². The SMILES string of the molecule is NC(=O)CCCC1(C2(C(N)=O)Cc3ccc(cc3)C2)Cc2cccc(c2)C1. The Morgan fingerprint density at radius 1 is 0.815 bits per heavy atom. The van der Waals surface area contributed by atoms with Gasteiger partial charge in [0.2, 0.25) is 11.8 Å². The van der Waals surface area contributed by atoms with Gasteiger partial charge < -0.3 is 11.5 Å². The van der Waals surface area contributed by atoms with Crippen molar-refractivity contribution < 1.29 is 9.59 Å². The summed E-state index contributed by atoms with van der Waals surface area (Å²) in [5, 5.41) is 0. The minimum absolute atomic E-state index is 0.228. The van der Waals surface area contributed by atoms with Crippen molar-refractivity contribution in [3.63, 3.8) is 0 Å². The molecule has 0 saturated carbocycles. The molecular weight excluding hydrogens is 336 g/mol. The molecule has 0 saturated heterocycles. The van der Waals surface area contributed by atoms with Gasteiger partial charge in [-0.3, -0.25) is 9.59 Å². The Bertz CT molecular complexity index is 839. The van der Waals surface area contributed by atoms with Gasteiger partial charge in [0.25, 0.3) is 0 Å². The first-order valence-electron chi connectivity index (χ1n) is 9.66. The number of benzene rings is 2. The molecular formula is C23H26N2O2. The normalized spacial score (nSPS) is 18.7. The van der Waals surface area contributed by atoms with Crippen molar-refractivity contribution in [2.24, 2.45) is 22.3 Å². The molecule has 4 heteroatoms. The summed E-state index contributed by atoms with van der Waals surface area (Å²) in [6.45, 7) is 0. The molecule has 0 spiro atoms. The molecule has 3 aliphatic carbocycles. The fourth-order valence-corrected chi connectivity index (χ4v) is 5.39. The minimum Gasteiger partial charge on any atom is -0.370 e. The highest BCUT2D eigenvalue weighted by molar-refractivity contribution is 5.83. The van der Waals surface area contributed by atoms with Crippen LogP contribution in [0.15, 0.2) is 48.5 Å². The molecule has 0 unspecified atom stereocenters. The molecule has 0 heterocycles. The third-order valence-electron chi connectivity index (χ3n) is 6.68. The van der Waals surface area contributed by atoms with Crippen LogP contribution in [0.3, 0.4) is 0 Å². The summed E-state index contributed by atoms with van der Waals surface area (Å²) in [6, 6.07) is 17.0. The lowest BCUT2D eigenvalue weighted by molar-refractivity contribution is -0.138. The van der Waals surface area contributed by atoms with Crippen molar-refractivity contribution in [2.75, 3.05) is 0 Å². The van der Waals surface area contributed by atoms with Crippen LogP contribution >= 0.6 is 0 Å². The molecule has 0 aromatic heterocycles. The van der Waals surface area contributed by atoms with E-state index in [0.717, 1.165) is 30.4 Å². The molecule has 3 aliphatic rings. The number of carbonyl (C=O) groups excluding carboxylic acids is 2. The van der Waals surface area contributed by atoms with Crippen LogP contribution in [0, 0.1) is 10.8 Å². The van der Waals surface area contributed by atoms with Crippen molar-refractivity contribution in [3.05, 3.63) is 70.8 Å². The Hall–Kier alpha value is -2.62. The van der Waals surface area contributed by atoms with Crippen LogP contribution in [0.5, 0.6) is 0 Å². The van der Waals surface area contributed by atoms with Crippen LogP contribution < -0.4 is 11.5 Å². The molecule has 4 N–H and O–H groups in total. The summed E-state index contributed by atoms with van der Waals surface area (Å²) in [6.07, 6.45) is 4.71. The van der Waals surface area contributed by atoms with Gasteiger partial charge in [0.15, 0.2) is 0 Å². The molecule has 2 aromatic carbocycles. The highest BCUT2D eigenvalue weighted by Gasteiger charge is 2.56. The first-order chi connectivity index (χ1) is 12.9. The maximum Gasteiger partial charge on any atom is 0.224 e. The predicted octanol–water partition coefficient (Wildman–Crippen LogP) is 2.70. The van der Waals surface area contributed by atoms with Gasteiger partial charge in [-0.05, 0) is 66.2 Å². The molecule has 27 heavy (non-hydrogen) atoms. The maximum absolute atomic E-state index is 13.1. The number of rotatable bonds is 6. The van der Waals surface area contributed by atoms with E-state index in [0.29, 0.717) is 25.7 Å². The Morgan fingerprint density at radius 3 is 1.85 bits per heavy atom. The van der Waals surface area contributed by atoms with Crippen molar-refractivity contribution in [1.29, 1.82) is 0 Å². The summed E-state index contributed by atoms with van der Waals surface area (Å²) < 4.78 is 0. The second-order valence-electron chi connectivity index (χ2n) is 8.39. The highest BCUT2D eigenvalue weighted by Crippen LogP contribution is 2.54. The Morgan fingerprint density at radius 2 is 1.37 bits per heavy atom. The van der Waals surface area contributed by atoms with Crippen LogP contribution in [-0.4, -0.2) is 11.8 Å². The van der Waals surface area contributed by atoms with E-state index in [-0.39, 0.29) is 17.2 Å². The largest absolute Gasteiger partial charge is 0.370 e. The number of nitrogens with two attached hydrogens (primary N) is 2. The van der Waals surface area contributed by atoms with Crippen LogP contribution in [0.25, 0.3) is 0 Å². The van der Waals surface area contributed by atoms with Crippen molar-refractivity contribution in [1.82, 2.24) is 0 Å². The molecule has 0 aliphatic heterocycles. The molecule has 4 nitrogen and oxygen atoms in total. The molecule has 2 aromatic rings. The van der Waals surface area contributed by atoms with Crippen LogP contribution in [0.1, 0.15) is 41.5 Å². The number of amides is 2. The topological polar surface area (TPSA) is 86.2 Å². The summed E-state index contributed by atoms with van der Waals surface area (Å²) in [4.78, 5) is 24.4. The average molecular weight is 362 g/mol. The highest BCUT2D eigenvalue weighted by atomic mass is 16.1. The summed E-state index contributed by atoms with van der Waals surface area (Å²) in [7, 11) is 0. The monoisotopic (exact) mass is 362 g/mol. The molecule has 4 bridgehead atoms. The lowest BCUT2D eigenvalue weighted by Crippen LogP contribution is -2.56. The van der Waals surface area contributed by atoms with Crippen LogP contribution in [-0.2, 0) is 35.3 Å². The zero-order valence-electron chi connectivity index (χ0n) is 15.5. The van der Waals surface area contributed by atoms with E-state index in [1.165, 1.54) is 11.1 Å². The first-order valence-corrected chi connectivity index (χ1v) is 9.66. The number of fused-ring (bicyclic) bond motifs is 6. The standard InChI is InChI=1S/C23H26N2O2/c24-20(26)5-2-10-22(12-18-3-1-4-19(11-18)13-22)23(21(25)27)14-16-6-7-17(15-23)9-8-16/h1,3-4,6-9,11H,2,5,10,12-15H2,(H2,24,26)(H2,25,27). The van der Waals surface area contributed by atoms with E-state index in [2.05, 4.69) is 48.5 Å². The minimum atomic E-state index is -0.661. The Labute approximate surface area is 159 Å². The second-order valence-corrected chi connectivity index (χ2v) is 8.39. The molecule has 2 amide bonds. The smallest absolute Gasteiger partial charge is 0.224 e. The van der Waals surface area contributed by atoms with E-state index in [4.69, 9.17) is 11.5 Å². The Kier molecular flexibility index (Phi) is 4.29. The number of primary amides is 2. The average Bonchev–Trinajstić information content (AvgIpc) is 2.93. The molecule has 140 valence electrons. The van der Waals surface area contributed by atoms with Gasteiger partial charge in [0.1, 0.15) is 0 Å². The summed E-state index contributed by atoms with van der Waals surface area (Å²) in [5.74, 6) is -0.519. The van der Waals surface area contributed by atoms with Crippen molar-refractivity contribution in [3.8, 4) is 0 Å². The fraction of sp³-hybridized carbons (Fsp3) is 0.391. The van der Waals surface area contributed by atoms with Gasteiger partial charge in [-0.1, -0.05) is 48.5 Å². The maximum atomic E-state index is 13.1. The summed E-state index contributed by atoms with van der Waals surface area (Å²) >= 11 is 0. The lowest BCUT2D eigenvalue weighted by atomic mass is 9.51. The van der Waals surface area contributed by atoms with Gasteiger partial charge >= 0.3 is 0 Å². The fourth-order valence-electron chi connectivity index (χ4n) is 5.39. The molecule has 5 rings (SSSR count). The van der Waals surface area contributed by atoms with Gasteiger partial charge in [-0.2, -0.15) is 0 Å². The third kappa shape index (κ3) is 3.03. The molecule has 0 atom stereocenters. The van der Waals surface area contributed by atoms with Gasteiger partial charge in [-0.25, -0.2) is 0 Å².